The molecule has 0 aromatic rings. The smallest absolute Gasteiger partial charge is 0.222 e. The number of carbonyl (C=O) groups excluding carboxylic acids is 1. The summed E-state index contributed by atoms with van der Waals surface area (Å²) < 4.78 is 0. The number of allylic oxidation sites excluding steroid dienone is 3. The Labute approximate surface area is 292 Å². The molecule has 0 aromatic heterocycles. The maximum Gasteiger partial charge on any atom is 0.222 e. The first kappa shape index (κ1) is 45.8. The zero-order valence-electron chi connectivity index (χ0n) is 31.4. The van der Waals surface area contributed by atoms with E-state index in [-0.39, 0.29) is 18.9 Å². The standard InChI is InChI=1S/C42H81NO4/c1-3-5-7-9-11-13-15-16-17-18-19-20-21-22-23-24-26-28-30-32-34-36-41(46)40(38-44)43-42(47)37-39(45)35-33-31-29-27-25-14-12-10-8-6-4-2/h26,28,34,36,39-41,44-46H,3-25,27,29-33,35,37-38H2,1-2H3,(H,43,47)/b28-26+,36-34+. The predicted molar refractivity (Wildman–Crippen MR) is 204 cm³/mol. The Morgan fingerprint density at radius 1 is 0.532 bits per heavy atom. The van der Waals surface area contributed by atoms with Crippen LogP contribution in [0.25, 0.3) is 0 Å². The van der Waals surface area contributed by atoms with E-state index >= 15 is 0 Å². The van der Waals surface area contributed by atoms with Gasteiger partial charge in [0.2, 0.25) is 5.91 Å². The quantitative estimate of drug-likeness (QED) is 0.0393. The number of hydrogen-bond acceptors (Lipinski definition) is 4. The molecule has 3 atom stereocenters. The fourth-order valence-corrected chi connectivity index (χ4v) is 6.30. The van der Waals surface area contributed by atoms with Gasteiger partial charge in [-0.3, -0.25) is 4.79 Å². The van der Waals surface area contributed by atoms with Crippen LogP contribution in [0.3, 0.4) is 0 Å². The minimum atomic E-state index is -0.947. The van der Waals surface area contributed by atoms with Gasteiger partial charge in [-0.05, 0) is 32.1 Å². The molecule has 0 saturated heterocycles. The number of amides is 1. The van der Waals surface area contributed by atoms with Gasteiger partial charge in [-0.15, -0.1) is 0 Å². The molecule has 278 valence electrons. The van der Waals surface area contributed by atoms with Crippen LogP contribution < -0.4 is 5.32 Å². The SMILES string of the molecule is CCCCCCCCCCCCCCCCC/C=C/CC/C=C/C(O)C(CO)NC(=O)CC(O)CCCCCCCCCCCCC. The minimum Gasteiger partial charge on any atom is -0.394 e. The Hall–Kier alpha value is -1.17. The molecule has 0 spiro atoms. The zero-order chi connectivity index (χ0) is 34.5. The van der Waals surface area contributed by atoms with Gasteiger partial charge in [0.1, 0.15) is 0 Å². The Morgan fingerprint density at radius 3 is 1.36 bits per heavy atom. The van der Waals surface area contributed by atoms with Crippen molar-refractivity contribution in [3.05, 3.63) is 24.3 Å². The van der Waals surface area contributed by atoms with E-state index in [1.807, 2.05) is 6.08 Å². The van der Waals surface area contributed by atoms with Crippen molar-refractivity contribution in [1.82, 2.24) is 5.32 Å². The van der Waals surface area contributed by atoms with E-state index in [1.54, 1.807) is 6.08 Å². The third-order valence-electron chi connectivity index (χ3n) is 9.49. The van der Waals surface area contributed by atoms with Crippen molar-refractivity contribution < 1.29 is 20.1 Å². The molecule has 0 saturated carbocycles. The van der Waals surface area contributed by atoms with Crippen LogP contribution >= 0.6 is 0 Å². The van der Waals surface area contributed by atoms with Crippen LogP contribution in [-0.2, 0) is 4.79 Å². The highest BCUT2D eigenvalue weighted by Gasteiger charge is 2.20. The van der Waals surface area contributed by atoms with E-state index in [4.69, 9.17) is 0 Å². The van der Waals surface area contributed by atoms with Crippen molar-refractivity contribution >= 4 is 5.91 Å². The van der Waals surface area contributed by atoms with E-state index in [0.717, 1.165) is 32.1 Å². The van der Waals surface area contributed by atoms with Gasteiger partial charge in [0.15, 0.2) is 0 Å². The summed E-state index contributed by atoms with van der Waals surface area (Å²) in [5, 5.41) is 33.1. The molecule has 0 bridgehead atoms. The molecule has 0 aliphatic carbocycles. The van der Waals surface area contributed by atoms with E-state index in [9.17, 15) is 20.1 Å². The average Bonchev–Trinajstić information content (AvgIpc) is 3.06. The molecule has 5 heteroatoms. The summed E-state index contributed by atoms with van der Waals surface area (Å²) in [5.41, 5.74) is 0. The Bertz CT molecular complexity index is 694. The number of nitrogens with one attached hydrogen (secondary N) is 1. The third-order valence-corrected chi connectivity index (χ3v) is 9.49. The average molecular weight is 664 g/mol. The summed E-state index contributed by atoms with van der Waals surface area (Å²) in [5.74, 6) is -0.325. The number of carbonyl (C=O) groups is 1. The van der Waals surface area contributed by atoms with E-state index in [0.29, 0.717) is 6.42 Å². The van der Waals surface area contributed by atoms with Gasteiger partial charge in [0, 0.05) is 0 Å². The van der Waals surface area contributed by atoms with Gasteiger partial charge in [-0.2, -0.15) is 0 Å². The molecule has 0 radical (unpaired) electrons. The highest BCUT2D eigenvalue weighted by Crippen LogP contribution is 2.15. The lowest BCUT2D eigenvalue weighted by Crippen LogP contribution is -2.45. The van der Waals surface area contributed by atoms with Crippen LogP contribution in [0.15, 0.2) is 24.3 Å². The molecule has 5 nitrogen and oxygen atoms in total. The molecule has 3 unspecified atom stereocenters. The van der Waals surface area contributed by atoms with Crippen molar-refractivity contribution in [2.75, 3.05) is 6.61 Å². The van der Waals surface area contributed by atoms with Crippen LogP contribution in [0.4, 0.5) is 0 Å². The lowest BCUT2D eigenvalue weighted by Gasteiger charge is -2.21. The molecule has 0 aromatic carbocycles. The van der Waals surface area contributed by atoms with Crippen molar-refractivity contribution in [3.8, 4) is 0 Å². The number of unbranched alkanes of at least 4 members (excludes halogenated alkanes) is 26. The second-order valence-electron chi connectivity index (χ2n) is 14.2. The molecule has 47 heavy (non-hydrogen) atoms. The maximum absolute atomic E-state index is 12.4. The molecule has 4 N–H and O–H groups in total. The minimum absolute atomic E-state index is 0.00878. The Balaban J connectivity index is 3.70. The second kappa shape index (κ2) is 37.6. The summed E-state index contributed by atoms with van der Waals surface area (Å²) in [4.78, 5) is 12.4. The number of rotatable bonds is 37. The molecule has 0 fully saturated rings. The van der Waals surface area contributed by atoms with Gasteiger partial charge in [0.05, 0.1) is 31.3 Å². The first-order chi connectivity index (χ1) is 23.0. The monoisotopic (exact) mass is 664 g/mol. The Kier molecular flexibility index (Phi) is 36.7. The van der Waals surface area contributed by atoms with E-state index < -0.39 is 18.2 Å². The molecule has 0 aliphatic rings. The second-order valence-corrected chi connectivity index (χ2v) is 14.2. The fourth-order valence-electron chi connectivity index (χ4n) is 6.30. The topological polar surface area (TPSA) is 89.8 Å². The zero-order valence-corrected chi connectivity index (χ0v) is 31.4. The summed E-state index contributed by atoms with van der Waals surface area (Å²) in [7, 11) is 0. The predicted octanol–water partition coefficient (Wildman–Crippen LogP) is 11.4. The fraction of sp³-hybridized carbons (Fsp3) is 0.881. The van der Waals surface area contributed by atoms with Gasteiger partial charge in [-0.1, -0.05) is 199 Å². The largest absolute Gasteiger partial charge is 0.394 e. The molecular formula is C42H81NO4. The van der Waals surface area contributed by atoms with Crippen molar-refractivity contribution in [3.63, 3.8) is 0 Å². The number of aliphatic hydroxyl groups excluding tert-OH is 3. The lowest BCUT2D eigenvalue weighted by molar-refractivity contribution is -0.124. The Morgan fingerprint density at radius 2 is 0.915 bits per heavy atom. The molecular weight excluding hydrogens is 582 g/mol. The summed E-state index contributed by atoms with van der Waals surface area (Å²) >= 11 is 0. The van der Waals surface area contributed by atoms with E-state index in [1.165, 1.54) is 154 Å². The first-order valence-corrected chi connectivity index (χ1v) is 20.6. The van der Waals surface area contributed by atoms with Crippen molar-refractivity contribution in [2.45, 2.75) is 231 Å². The third kappa shape index (κ3) is 34.5. The highest BCUT2D eigenvalue weighted by atomic mass is 16.3. The number of hydrogen-bond donors (Lipinski definition) is 4. The van der Waals surface area contributed by atoms with Crippen LogP contribution in [-0.4, -0.2) is 46.1 Å². The first-order valence-electron chi connectivity index (χ1n) is 20.6. The van der Waals surface area contributed by atoms with Gasteiger partial charge >= 0.3 is 0 Å². The molecule has 0 aliphatic heterocycles. The normalized spacial score (nSPS) is 13.9. The molecule has 1 amide bonds. The lowest BCUT2D eigenvalue weighted by atomic mass is 10.0. The van der Waals surface area contributed by atoms with E-state index in [2.05, 4.69) is 31.3 Å². The van der Waals surface area contributed by atoms with Crippen molar-refractivity contribution in [1.29, 1.82) is 0 Å². The van der Waals surface area contributed by atoms with Crippen LogP contribution in [0.5, 0.6) is 0 Å². The maximum atomic E-state index is 12.4. The summed E-state index contributed by atoms with van der Waals surface area (Å²) in [6, 6.07) is -0.756. The van der Waals surface area contributed by atoms with Crippen LogP contribution in [0.1, 0.15) is 213 Å². The van der Waals surface area contributed by atoms with Crippen molar-refractivity contribution in [2.24, 2.45) is 0 Å². The van der Waals surface area contributed by atoms with Crippen LogP contribution in [0, 0.1) is 0 Å². The van der Waals surface area contributed by atoms with Gasteiger partial charge in [-0.25, -0.2) is 0 Å². The molecule has 0 rings (SSSR count). The van der Waals surface area contributed by atoms with Crippen LogP contribution in [0.2, 0.25) is 0 Å². The molecule has 0 heterocycles. The van der Waals surface area contributed by atoms with Gasteiger partial charge in [0.25, 0.3) is 0 Å². The van der Waals surface area contributed by atoms with Gasteiger partial charge < -0.3 is 20.6 Å². The number of aliphatic hydroxyl groups is 3. The highest BCUT2D eigenvalue weighted by molar-refractivity contribution is 5.76. The summed E-state index contributed by atoms with van der Waals surface area (Å²) in [6.07, 6.45) is 44.6. The summed E-state index contributed by atoms with van der Waals surface area (Å²) in [6.45, 7) is 4.19.